The van der Waals surface area contributed by atoms with Crippen molar-refractivity contribution in [3.05, 3.63) is 69.2 Å². The number of rotatable bonds is 4. The molecule has 0 saturated carbocycles. The van der Waals surface area contributed by atoms with Crippen molar-refractivity contribution in [2.45, 2.75) is 33.4 Å². The Morgan fingerprint density at radius 3 is 2.71 bits per heavy atom. The minimum atomic E-state index is -0.0695. The van der Waals surface area contributed by atoms with E-state index in [0.29, 0.717) is 24.4 Å². The van der Waals surface area contributed by atoms with Crippen LogP contribution in [-0.2, 0) is 19.5 Å². The third-order valence-corrected chi connectivity index (χ3v) is 5.23. The molecule has 0 saturated heterocycles. The van der Waals surface area contributed by atoms with Crippen LogP contribution in [0.1, 0.15) is 27.9 Å². The zero-order chi connectivity index (χ0) is 19.7. The Labute approximate surface area is 163 Å². The number of nitrogens with one attached hydrogen (secondary N) is 1. The summed E-state index contributed by atoms with van der Waals surface area (Å²) in [6.45, 7) is 6.45. The van der Waals surface area contributed by atoms with E-state index in [2.05, 4.69) is 45.8 Å². The fourth-order valence-corrected chi connectivity index (χ4v) is 3.67. The van der Waals surface area contributed by atoms with E-state index in [1.54, 1.807) is 19.5 Å². The second kappa shape index (κ2) is 7.52. The van der Waals surface area contributed by atoms with Crippen LogP contribution in [0.2, 0.25) is 0 Å². The lowest BCUT2D eigenvalue weighted by Gasteiger charge is -2.28. The van der Waals surface area contributed by atoms with Crippen LogP contribution in [-0.4, -0.2) is 38.5 Å². The van der Waals surface area contributed by atoms with E-state index in [-0.39, 0.29) is 5.56 Å². The largest absolute Gasteiger partial charge is 0.496 e. The molecular weight excluding hydrogens is 354 g/mol. The molecule has 2 aromatic heterocycles. The summed E-state index contributed by atoms with van der Waals surface area (Å²) < 4.78 is 5.41. The van der Waals surface area contributed by atoms with Crippen molar-refractivity contribution < 1.29 is 4.74 Å². The first kappa shape index (κ1) is 18.3. The lowest BCUT2D eigenvalue weighted by molar-refractivity contribution is 0.240. The van der Waals surface area contributed by atoms with Crippen LogP contribution in [0.4, 0.5) is 0 Å². The SMILES string of the molecule is COc1cc(C)c(CN2CCc3c(nc(-c4cncnc4)[nH]c3=O)C2)cc1C. The molecule has 3 aromatic rings. The molecular formula is C21H23N5O2. The van der Waals surface area contributed by atoms with Gasteiger partial charge in [0.2, 0.25) is 0 Å². The number of fused-ring (bicyclic) bond motifs is 1. The molecule has 0 atom stereocenters. The van der Waals surface area contributed by atoms with Gasteiger partial charge >= 0.3 is 0 Å². The zero-order valence-electron chi connectivity index (χ0n) is 16.3. The van der Waals surface area contributed by atoms with E-state index in [9.17, 15) is 4.79 Å². The minimum Gasteiger partial charge on any atom is -0.496 e. The molecule has 1 aliphatic rings. The van der Waals surface area contributed by atoms with Gasteiger partial charge in [0.05, 0.1) is 18.4 Å². The molecule has 0 amide bonds. The van der Waals surface area contributed by atoms with Gasteiger partial charge in [-0.05, 0) is 43.0 Å². The van der Waals surface area contributed by atoms with Crippen LogP contribution in [0, 0.1) is 13.8 Å². The molecule has 3 heterocycles. The van der Waals surface area contributed by atoms with Crippen molar-refractivity contribution in [3.8, 4) is 17.1 Å². The Hall–Kier alpha value is -3.06. The number of hydrogen-bond donors (Lipinski definition) is 1. The number of nitrogens with zero attached hydrogens (tertiary/aromatic N) is 4. The monoisotopic (exact) mass is 377 g/mol. The molecule has 1 N–H and O–H groups in total. The quantitative estimate of drug-likeness (QED) is 0.752. The first-order valence-electron chi connectivity index (χ1n) is 9.29. The van der Waals surface area contributed by atoms with Gasteiger partial charge in [-0.15, -0.1) is 0 Å². The predicted molar refractivity (Wildman–Crippen MR) is 106 cm³/mol. The maximum Gasteiger partial charge on any atom is 0.254 e. The fraction of sp³-hybridized carbons (Fsp3) is 0.333. The Morgan fingerprint density at radius 2 is 1.96 bits per heavy atom. The van der Waals surface area contributed by atoms with Crippen LogP contribution >= 0.6 is 0 Å². The van der Waals surface area contributed by atoms with Crippen molar-refractivity contribution in [2.75, 3.05) is 13.7 Å². The van der Waals surface area contributed by atoms with Crippen molar-refractivity contribution in [1.82, 2.24) is 24.8 Å². The summed E-state index contributed by atoms with van der Waals surface area (Å²) in [4.78, 5) is 30.4. The van der Waals surface area contributed by atoms with E-state index in [1.807, 2.05) is 0 Å². The highest BCUT2D eigenvalue weighted by Crippen LogP contribution is 2.25. The molecule has 1 aromatic carbocycles. The second-order valence-electron chi connectivity index (χ2n) is 7.18. The van der Waals surface area contributed by atoms with Crippen molar-refractivity contribution in [1.29, 1.82) is 0 Å². The van der Waals surface area contributed by atoms with E-state index < -0.39 is 0 Å². The number of aromatic amines is 1. The molecule has 144 valence electrons. The standard InChI is InChI=1S/C21H23N5O2/c1-13-7-19(28-3)14(2)6-15(13)10-26-5-4-17-18(11-26)24-20(25-21(17)27)16-8-22-12-23-9-16/h6-9,12H,4-5,10-11H2,1-3H3,(H,24,25,27). The molecule has 0 radical (unpaired) electrons. The predicted octanol–water partition coefficient (Wildman–Crippen LogP) is 2.41. The van der Waals surface area contributed by atoms with Gasteiger partial charge in [-0.1, -0.05) is 6.07 Å². The smallest absolute Gasteiger partial charge is 0.254 e. The molecule has 7 nitrogen and oxygen atoms in total. The summed E-state index contributed by atoms with van der Waals surface area (Å²) in [5, 5.41) is 0. The van der Waals surface area contributed by atoms with Gasteiger partial charge < -0.3 is 9.72 Å². The number of hydrogen-bond acceptors (Lipinski definition) is 6. The zero-order valence-corrected chi connectivity index (χ0v) is 16.3. The molecule has 0 unspecified atom stereocenters. The van der Waals surface area contributed by atoms with Crippen LogP contribution in [0.15, 0.2) is 35.6 Å². The van der Waals surface area contributed by atoms with Gasteiger partial charge in [0, 0.05) is 37.6 Å². The molecule has 4 rings (SSSR count). The summed E-state index contributed by atoms with van der Waals surface area (Å²) in [7, 11) is 1.70. The molecule has 1 aliphatic heterocycles. The molecule has 0 bridgehead atoms. The average molecular weight is 377 g/mol. The number of aromatic nitrogens is 4. The summed E-state index contributed by atoms with van der Waals surface area (Å²) in [6, 6.07) is 4.26. The average Bonchev–Trinajstić information content (AvgIpc) is 2.71. The molecule has 0 aliphatic carbocycles. The van der Waals surface area contributed by atoms with Gasteiger partial charge in [0.15, 0.2) is 0 Å². The molecule has 28 heavy (non-hydrogen) atoms. The number of aryl methyl sites for hydroxylation is 2. The Bertz CT molecular complexity index is 1060. The number of methoxy groups -OCH3 is 1. The van der Waals surface area contributed by atoms with E-state index in [1.165, 1.54) is 17.5 Å². The van der Waals surface area contributed by atoms with Crippen LogP contribution in [0.25, 0.3) is 11.4 Å². The number of ether oxygens (including phenoxy) is 1. The molecule has 7 heteroatoms. The lowest BCUT2D eigenvalue weighted by Crippen LogP contribution is -2.35. The highest BCUT2D eigenvalue weighted by atomic mass is 16.5. The first-order chi connectivity index (χ1) is 13.5. The van der Waals surface area contributed by atoms with E-state index in [4.69, 9.17) is 9.72 Å². The van der Waals surface area contributed by atoms with Gasteiger partial charge in [-0.2, -0.15) is 0 Å². The Balaban J connectivity index is 1.60. The highest BCUT2D eigenvalue weighted by molar-refractivity contribution is 5.52. The third kappa shape index (κ3) is 3.53. The van der Waals surface area contributed by atoms with Crippen LogP contribution in [0.5, 0.6) is 5.75 Å². The van der Waals surface area contributed by atoms with Crippen LogP contribution in [0.3, 0.4) is 0 Å². The van der Waals surface area contributed by atoms with Crippen molar-refractivity contribution in [2.24, 2.45) is 0 Å². The summed E-state index contributed by atoms with van der Waals surface area (Å²) in [5.41, 5.74) is 5.84. The fourth-order valence-electron chi connectivity index (χ4n) is 3.67. The van der Waals surface area contributed by atoms with E-state index in [0.717, 1.165) is 35.7 Å². The first-order valence-corrected chi connectivity index (χ1v) is 9.29. The molecule has 0 fully saturated rings. The maximum atomic E-state index is 12.5. The highest BCUT2D eigenvalue weighted by Gasteiger charge is 2.22. The Morgan fingerprint density at radius 1 is 1.18 bits per heavy atom. The van der Waals surface area contributed by atoms with Gasteiger partial charge in [0.1, 0.15) is 17.9 Å². The normalized spacial score (nSPS) is 14.0. The lowest BCUT2D eigenvalue weighted by atomic mass is 10.0. The van der Waals surface area contributed by atoms with Crippen molar-refractivity contribution in [3.63, 3.8) is 0 Å². The van der Waals surface area contributed by atoms with Crippen LogP contribution < -0.4 is 10.3 Å². The summed E-state index contributed by atoms with van der Waals surface area (Å²) in [5.74, 6) is 1.43. The molecule has 0 spiro atoms. The number of H-pyrrole nitrogens is 1. The summed E-state index contributed by atoms with van der Waals surface area (Å²) in [6.07, 6.45) is 5.46. The third-order valence-electron chi connectivity index (χ3n) is 5.23. The van der Waals surface area contributed by atoms with Gasteiger partial charge in [0.25, 0.3) is 5.56 Å². The van der Waals surface area contributed by atoms with E-state index >= 15 is 0 Å². The van der Waals surface area contributed by atoms with Crippen molar-refractivity contribution >= 4 is 0 Å². The maximum absolute atomic E-state index is 12.5. The second-order valence-corrected chi connectivity index (χ2v) is 7.18. The minimum absolute atomic E-state index is 0.0695. The van der Waals surface area contributed by atoms with Gasteiger partial charge in [-0.3, -0.25) is 9.69 Å². The van der Waals surface area contributed by atoms with Gasteiger partial charge in [-0.25, -0.2) is 15.0 Å². The Kier molecular flexibility index (Phi) is 4.92. The summed E-state index contributed by atoms with van der Waals surface area (Å²) >= 11 is 0. The topological polar surface area (TPSA) is 84.0 Å². The number of benzene rings is 1.